The molecule has 5 heteroatoms. The maximum atomic E-state index is 12.9. The quantitative estimate of drug-likeness (QED) is 0.806. The Kier molecular flexibility index (Phi) is 4.09. The summed E-state index contributed by atoms with van der Waals surface area (Å²) in [6.07, 6.45) is 3.16. The summed E-state index contributed by atoms with van der Waals surface area (Å²) >= 11 is 0. The third-order valence-electron chi connectivity index (χ3n) is 7.08. The van der Waals surface area contributed by atoms with Gasteiger partial charge in [0.2, 0.25) is 11.8 Å². The number of hydrogen-bond donors (Lipinski definition) is 1. The molecule has 5 rings (SSSR count). The van der Waals surface area contributed by atoms with Gasteiger partial charge < -0.3 is 5.32 Å². The largest absolute Gasteiger partial charge is 0.322 e. The second-order valence-electron chi connectivity index (χ2n) is 8.70. The van der Waals surface area contributed by atoms with Gasteiger partial charge in [-0.3, -0.25) is 19.3 Å². The molecule has 2 aromatic carbocycles. The first-order valence-corrected chi connectivity index (χ1v) is 10.3. The van der Waals surface area contributed by atoms with Crippen molar-refractivity contribution < 1.29 is 14.4 Å². The first-order valence-electron chi connectivity index (χ1n) is 10.3. The highest BCUT2D eigenvalue weighted by atomic mass is 16.2. The maximum absolute atomic E-state index is 12.9. The van der Waals surface area contributed by atoms with Crippen LogP contribution in [0, 0.1) is 37.5 Å². The van der Waals surface area contributed by atoms with Gasteiger partial charge in [-0.1, -0.05) is 6.07 Å². The molecule has 2 aromatic rings. The molecule has 29 heavy (non-hydrogen) atoms. The molecular formula is C24H24N2O3. The molecule has 2 bridgehead atoms. The van der Waals surface area contributed by atoms with Gasteiger partial charge in [-0.25, -0.2) is 0 Å². The first kappa shape index (κ1) is 18.1. The Balaban J connectivity index is 1.34. The van der Waals surface area contributed by atoms with E-state index in [1.54, 1.807) is 24.3 Å². The fourth-order valence-corrected chi connectivity index (χ4v) is 5.45. The topological polar surface area (TPSA) is 66.5 Å². The molecule has 1 aliphatic heterocycles. The Bertz CT molecular complexity index is 999. The molecule has 1 heterocycles. The molecule has 0 spiro atoms. The van der Waals surface area contributed by atoms with E-state index < -0.39 is 0 Å². The molecule has 4 atom stereocenters. The third-order valence-corrected chi connectivity index (χ3v) is 7.08. The average Bonchev–Trinajstić information content (AvgIpc) is 3.39. The van der Waals surface area contributed by atoms with Crippen molar-refractivity contribution in [1.82, 2.24) is 0 Å². The minimum atomic E-state index is -0.214. The van der Waals surface area contributed by atoms with Crippen molar-refractivity contribution in [1.29, 1.82) is 0 Å². The second-order valence-corrected chi connectivity index (χ2v) is 8.70. The lowest BCUT2D eigenvalue weighted by molar-refractivity contribution is -0.123. The molecule has 148 valence electrons. The predicted octanol–water partition coefficient (Wildman–Crippen LogP) is 4.09. The number of anilines is 2. The van der Waals surface area contributed by atoms with Crippen LogP contribution >= 0.6 is 0 Å². The average molecular weight is 388 g/mol. The van der Waals surface area contributed by atoms with Gasteiger partial charge in [-0.05, 0) is 92.5 Å². The van der Waals surface area contributed by atoms with Crippen LogP contribution in [0.3, 0.4) is 0 Å². The molecule has 1 saturated heterocycles. The van der Waals surface area contributed by atoms with Crippen LogP contribution < -0.4 is 10.2 Å². The lowest BCUT2D eigenvalue weighted by atomic mass is 9.81. The number of nitrogens with zero attached hydrogens (tertiary/aromatic N) is 1. The van der Waals surface area contributed by atoms with E-state index in [1.807, 2.05) is 32.0 Å². The fraction of sp³-hybridized carbons (Fsp3) is 0.375. The van der Waals surface area contributed by atoms with Crippen molar-refractivity contribution in [3.8, 4) is 0 Å². The van der Waals surface area contributed by atoms with Gasteiger partial charge in [-0.15, -0.1) is 0 Å². The highest BCUT2D eigenvalue weighted by Crippen LogP contribution is 2.56. The van der Waals surface area contributed by atoms with Crippen molar-refractivity contribution in [2.75, 3.05) is 10.2 Å². The van der Waals surface area contributed by atoms with Gasteiger partial charge in [0.15, 0.2) is 0 Å². The molecule has 5 nitrogen and oxygen atoms in total. The zero-order chi connectivity index (χ0) is 20.3. The highest BCUT2D eigenvalue weighted by molar-refractivity contribution is 6.22. The fourth-order valence-electron chi connectivity index (χ4n) is 5.45. The monoisotopic (exact) mass is 388 g/mol. The van der Waals surface area contributed by atoms with E-state index in [-0.39, 0.29) is 29.6 Å². The number of hydrogen-bond acceptors (Lipinski definition) is 3. The van der Waals surface area contributed by atoms with Gasteiger partial charge in [0.25, 0.3) is 5.91 Å². The third kappa shape index (κ3) is 2.79. The van der Waals surface area contributed by atoms with E-state index in [0.717, 1.165) is 30.5 Å². The SMILES string of the molecule is Cc1ccc(NC(=O)c2ccc(N3C(=O)[C@@H]4[C@H]5CC[C@@H](C5)[C@@H]4C3=O)cc2)cc1C. The summed E-state index contributed by atoms with van der Waals surface area (Å²) in [7, 11) is 0. The van der Waals surface area contributed by atoms with Crippen LogP contribution in [-0.2, 0) is 9.59 Å². The molecular weight excluding hydrogens is 364 g/mol. The van der Waals surface area contributed by atoms with E-state index in [1.165, 1.54) is 10.5 Å². The van der Waals surface area contributed by atoms with Gasteiger partial charge in [0.1, 0.15) is 0 Å². The van der Waals surface area contributed by atoms with Gasteiger partial charge >= 0.3 is 0 Å². The van der Waals surface area contributed by atoms with E-state index >= 15 is 0 Å². The molecule has 3 amide bonds. The van der Waals surface area contributed by atoms with Crippen LogP contribution in [0.2, 0.25) is 0 Å². The minimum Gasteiger partial charge on any atom is -0.322 e. The zero-order valence-corrected chi connectivity index (χ0v) is 16.6. The van der Waals surface area contributed by atoms with E-state index in [0.29, 0.717) is 23.1 Å². The number of aryl methyl sites for hydroxylation is 2. The molecule has 0 radical (unpaired) electrons. The molecule has 3 aliphatic rings. The zero-order valence-electron chi connectivity index (χ0n) is 16.6. The highest BCUT2D eigenvalue weighted by Gasteiger charge is 2.61. The normalized spacial score (nSPS) is 27.4. The Labute approximate surface area is 170 Å². The number of fused-ring (bicyclic) bond motifs is 5. The number of carbonyl (C=O) groups is 3. The molecule has 2 aliphatic carbocycles. The van der Waals surface area contributed by atoms with Gasteiger partial charge in [0, 0.05) is 11.3 Å². The number of rotatable bonds is 3. The summed E-state index contributed by atoms with van der Waals surface area (Å²) < 4.78 is 0. The van der Waals surface area contributed by atoms with Crippen LogP contribution in [0.5, 0.6) is 0 Å². The Morgan fingerprint density at radius 3 is 2.10 bits per heavy atom. The van der Waals surface area contributed by atoms with Crippen LogP contribution in [0.25, 0.3) is 0 Å². The van der Waals surface area contributed by atoms with E-state index in [9.17, 15) is 14.4 Å². The number of benzene rings is 2. The first-order chi connectivity index (χ1) is 13.9. The Hall–Kier alpha value is -2.95. The lowest BCUT2D eigenvalue weighted by Crippen LogP contribution is -2.32. The summed E-state index contributed by atoms with van der Waals surface area (Å²) in [6, 6.07) is 12.5. The molecule has 0 aromatic heterocycles. The standard InChI is InChI=1S/C24H24N2O3/c1-13-3-8-18(11-14(13)2)25-22(27)15-6-9-19(10-7-15)26-23(28)20-16-4-5-17(12-16)21(20)24(26)29/h3,6-11,16-17,20-21H,4-5,12H2,1-2H3,(H,25,27)/t16-,17-,20-,21+/m0/s1. The van der Waals surface area contributed by atoms with E-state index in [4.69, 9.17) is 0 Å². The van der Waals surface area contributed by atoms with Crippen LogP contribution in [0.1, 0.15) is 40.7 Å². The van der Waals surface area contributed by atoms with Crippen molar-refractivity contribution in [3.05, 3.63) is 59.2 Å². The summed E-state index contributed by atoms with van der Waals surface area (Å²) in [4.78, 5) is 39.8. The van der Waals surface area contributed by atoms with Crippen molar-refractivity contribution in [2.45, 2.75) is 33.1 Å². The smallest absolute Gasteiger partial charge is 0.255 e. The van der Waals surface area contributed by atoms with Crippen molar-refractivity contribution in [2.24, 2.45) is 23.7 Å². The van der Waals surface area contributed by atoms with Crippen LogP contribution in [-0.4, -0.2) is 17.7 Å². The molecule has 1 N–H and O–H groups in total. The number of amides is 3. The Morgan fingerprint density at radius 1 is 0.897 bits per heavy atom. The number of nitrogens with one attached hydrogen (secondary N) is 1. The minimum absolute atomic E-state index is 0.0560. The van der Waals surface area contributed by atoms with Gasteiger partial charge in [-0.2, -0.15) is 0 Å². The number of imide groups is 1. The Morgan fingerprint density at radius 2 is 1.52 bits per heavy atom. The van der Waals surface area contributed by atoms with Crippen LogP contribution in [0.4, 0.5) is 11.4 Å². The summed E-state index contributed by atoms with van der Waals surface area (Å²) in [5.74, 6) is 0.153. The second kappa shape index (κ2) is 6.55. The number of carbonyl (C=O) groups excluding carboxylic acids is 3. The summed E-state index contributed by atoms with van der Waals surface area (Å²) in [5.41, 5.74) is 4.09. The molecule has 3 fully saturated rings. The molecule has 2 saturated carbocycles. The van der Waals surface area contributed by atoms with Crippen molar-refractivity contribution in [3.63, 3.8) is 0 Å². The lowest BCUT2D eigenvalue weighted by Gasteiger charge is -2.19. The molecule has 0 unspecified atom stereocenters. The summed E-state index contributed by atoms with van der Waals surface area (Å²) in [6.45, 7) is 4.03. The van der Waals surface area contributed by atoms with E-state index in [2.05, 4.69) is 5.32 Å². The summed E-state index contributed by atoms with van der Waals surface area (Å²) in [5, 5.41) is 2.90. The predicted molar refractivity (Wildman–Crippen MR) is 111 cm³/mol. The maximum Gasteiger partial charge on any atom is 0.255 e. The van der Waals surface area contributed by atoms with Crippen molar-refractivity contribution >= 4 is 29.1 Å². The van der Waals surface area contributed by atoms with Gasteiger partial charge in [0.05, 0.1) is 17.5 Å². The van der Waals surface area contributed by atoms with Crippen LogP contribution in [0.15, 0.2) is 42.5 Å².